The number of benzene rings is 5. The number of pyridine rings is 1. The van der Waals surface area contributed by atoms with Crippen LogP contribution in [0, 0.1) is 0 Å². The first-order valence-corrected chi connectivity index (χ1v) is 17.5. The largest absolute Gasteiger partial charge is 0.507 e. The van der Waals surface area contributed by atoms with Crippen molar-refractivity contribution in [3.05, 3.63) is 156 Å². The van der Waals surface area contributed by atoms with Crippen LogP contribution in [0.3, 0.4) is 0 Å². The van der Waals surface area contributed by atoms with E-state index in [0.29, 0.717) is 0 Å². The number of phenols is 1. The highest BCUT2D eigenvalue weighted by Crippen LogP contribution is 2.46. The van der Waals surface area contributed by atoms with Crippen molar-refractivity contribution in [1.29, 1.82) is 0 Å². The molecule has 2 heterocycles. The van der Waals surface area contributed by atoms with Crippen LogP contribution in [0.15, 0.2) is 134 Å². The lowest BCUT2D eigenvalue weighted by atomic mass is 9.79. The van der Waals surface area contributed by atoms with Crippen LogP contribution < -0.4 is 0 Å². The van der Waals surface area contributed by atoms with Crippen LogP contribution >= 0.6 is 0 Å². The molecular formula is C46H45N3O. The summed E-state index contributed by atoms with van der Waals surface area (Å²) in [6, 6.07) is 44.4. The second-order valence-corrected chi connectivity index (χ2v) is 15.4. The highest BCUT2D eigenvalue weighted by Gasteiger charge is 2.30. The van der Waals surface area contributed by atoms with E-state index < -0.39 is 0 Å². The summed E-state index contributed by atoms with van der Waals surface area (Å²) < 4.78 is 2.27. The molecule has 7 rings (SSSR count). The first-order chi connectivity index (χ1) is 23.9. The van der Waals surface area contributed by atoms with Gasteiger partial charge in [-0.05, 0) is 69.5 Å². The molecule has 0 aliphatic heterocycles. The van der Waals surface area contributed by atoms with E-state index in [1.54, 1.807) is 0 Å². The number of rotatable bonds is 6. The van der Waals surface area contributed by atoms with Crippen molar-refractivity contribution in [3.63, 3.8) is 0 Å². The fourth-order valence-electron chi connectivity index (χ4n) is 6.91. The number of aromatic hydroxyl groups is 1. The van der Waals surface area contributed by atoms with Gasteiger partial charge in [-0.3, -0.25) is 9.55 Å². The molecule has 0 bridgehead atoms. The zero-order chi connectivity index (χ0) is 35.2. The fraction of sp³-hybridized carbons (Fsp3) is 0.217. The summed E-state index contributed by atoms with van der Waals surface area (Å²) in [5.74, 6) is 1.07. The summed E-state index contributed by atoms with van der Waals surface area (Å²) in [5.41, 5.74) is 11.7. The first kappa shape index (κ1) is 33.0. The minimum absolute atomic E-state index is 0.0826. The summed E-state index contributed by atoms with van der Waals surface area (Å²) in [5, 5.41) is 12.2. The Kier molecular flexibility index (Phi) is 8.43. The summed E-state index contributed by atoms with van der Waals surface area (Å²) in [4.78, 5) is 10.2. The van der Waals surface area contributed by atoms with Gasteiger partial charge in [0.05, 0.1) is 22.3 Å². The molecule has 0 saturated heterocycles. The predicted molar refractivity (Wildman–Crippen MR) is 208 cm³/mol. The Labute approximate surface area is 296 Å². The molecule has 2 aromatic heterocycles. The molecular weight excluding hydrogens is 611 g/mol. The molecule has 0 spiro atoms. The number of hydrogen-bond acceptors (Lipinski definition) is 3. The van der Waals surface area contributed by atoms with E-state index in [1.807, 2.05) is 30.5 Å². The zero-order valence-corrected chi connectivity index (χ0v) is 30.1. The number of hydrogen-bond donors (Lipinski definition) is 1. The van der Waals surface area contributed by atoms with Gasteiger partial charge >= 0.3 is 0 Å². The molecule has 1 atom stereocenters. The van der Waals surface area contributed by atoms with Crippen LogP contribution in [0.4, 0.5) is 0 Å². The van der Waals surface area contributed by atoms with E-state index >= 15 is 0 Å². The molecule has 1 N–H and O–H groups in total. The molecule has 0 aliphatic carbocycles. The summed E-state index contributed by atoms with van der Waals surface area (Å²) in [7, 11) is 0. The molecule has 4 nitrogen and oxygen atoms in total. The van der Waals surface area contributed by atoms with Crippen LogP contribution in [0.1, 0.15) is 76.6 Å². The van der Waals surface area contributed by atoms with E-state index in [0.717, 1.165) is 61.6 Å². The first-order valence-electron chi connectivity index (χ1n) is 17.5. The Balaban J connectivity index is 1.61. The van der Waals surface area contributed by atoms with E-state index in [1.165, 1.54) is 11.1 Å². The summed E-state index contributed by atoms with van der Waals surface area (Å²) in [6.45, 7) is 15.4. The maximum Gasteiger partial charge on any atom is 0.149 e. The average molecular weight is 656 g/mol. The van der Waals surface area contributed by atoms with E-state index in [-0.39, 0.29) is 22.5 Å². The van der Waals surface area contributed by atoms with Gasteiger partial charge in [0.15, 0.2) is 0 Å². The maximum absolute atomic E-state index is 12.2. The van der Waals surface area contributed by atoms with E-state index in [4.69, 9.17) is 4.98 Å². The Bertz CT molecular complexity index is 2290. The average Bonchev–Trinajstić information content (AvgIpc) is 3.52. The number of fused-ring (bicyclic) bond motifs is 1. The van der Waals surface area contributed by atoms with Gasteiger partial charge in [0, 0.05) is 34.5 Å². The number of aromatic nitrogens is 3. The molecule has 4 heteroatoms. The van der Waals surface area contributed by atoms with Gasteiger partial charge < -0.3 is 5.11 Å². The van der Waals surface area contributed by atoms with Crippen molar-refractivity contribution < 1.29 is 5.11 Å². The lowest BCUT2D eigenvalue weighted by molar-refractivity contribution is 0.446. The smallest absolute Gasteiger partial charge is 0.149 e. The van der Waals surface area contributed by atoms with Crippen molar-refractivity contribution in [2.45, 2.75) is 65.2 Å². The van der Waals surface area contributed by atoms with Gasteiger partial charge in [-0.1, -0.05) is 139 Å². The van der Waals surface area contributed by atoms with Gasteiger partial charge in [-0.25, -0.2) is 4.98 Å². The summed E-state index contributed by atoms with van der Waals surface area (Å²) >= 11 is 0. The molecule has 1 unspecified atom stereocenters. The fourth-order valence-corrected chi connectivity index (χ4v) is 6.91. The van der Waals surface area contributed by atoms with Crippen molar-refractivity contribution in [3.8, 4) is 45.2 Å². The SMILES string of the molecule is CC(c1ccccc1)c1ccc(-c2cccc(-c3ccccn3)c2)c2nc(-c3cc(C(C)(C)C)cc(C(C)(C)C)c3O)n(-c3ccccc3)c12. The topological polar surface area (TPSA) is 50.9 Å². The van der Waals surface area contributed by atoms with Gasteiger partial charge in [-0.2, -0.15) is 0 Å². The third-order valence-corrected chi connectivity index (χ3v) is 9.78. The lowest BCUT2D eigenvalue weighted by Gasteiger charge is -2.27. The Morgan fingerprint density at radius 1 is 0.640 bits per heavy atom. The minimum atomic E-state index is -0.284. The Morgan fingerprint density at radius 3 is 1.98 bits per heavy atom. The number of para-hydroxylation sites is 1. The maximum atomic E-state index is 12.2. The third-order valence-electron chi connectivity index (χ3n) is 9.78. The number of nitrogens with zero attached hydrogens (tertiary/aromatic N) is 3. The quantitative estimate of drug-likeness (QED) is 0.194. The monoisotopic (exact) mass is 655 g/mol. The molecule has 250 valence electrons. The van der Waals surface area contributed by atoms with E-state index in [2.05, 4.69) is 161 Å². The standard InChI is InChI=1S/C46H45N3O/c1-30(31-17-10-8-11-18-31)36-24-25-37(32-19-16-20-33(27-32)40-23-14-15-26-47-40)41-42(36)49(35-21-12-9-13-22-35)44(48-41)38-28-34(45(2,3)4)29-39(43(38)50)46(5,6)7/h8-30,50H,1-7H3. The van der Waals surface area contributed by atoms with Crippen LogP contribution in [-0.4, -0.2) is 19.6 Å². The summed E-state index contributed by atoms with van der Waals surface area (Å²) in [6.07, 6.45) is 1.83. The lowest BCUT2D eigenvalue weighted by Crippen LogP contribution is -2.17. The van der Waals surface area contributed by atoms with Crippen molar-refractivity contribution >= 4 is 11.0 Å². The molecule has 0 saturated carbocycles. The minimum Gasteiger partial charge on any atom is -0.507 e. The third kappa shape index (κ3) is 6.11. The van der Waals surface area contributed by atoms with Crippen molar-refractivity contribution in [1.82, 2.24) is 14.5 Å². The molecule has 0 fully saturated rings. The Hall–Kier alpha value is -5.48. The highest BCUT2D eigenvalue weighted by atomic mass is 16.3. The van der Waals surface area contributed by atoms with Crippen LogP contribution in [0.2, 0.25) is 0 Å². The van der Waals surface area contributed by atoms with Gasteiger partial charge in [-0.15, -0.1) is 0 Å². The molecule has 0 aliphatic rings. The van der Waals surface area contributed by atoms with Gasteiger partial charge in [0.1, 0.15) is 11.6 Å². The molecule has 50 heavy (non-hydrogen) atoms. The van der Waals surface area contributed by atoms with Gasteiger partial charge in [0.2, 0.25) is 0 Å². The zero-order valence-electron chi connectivity index (χ0n) is 30.1. The Morgan fingerprint density at radius 2 is 1.32 bits per heavy atom. The second-order valence-electron chi connectivity index (χ2n) is 15.4. The molecule has 0 radical (unpaired) electrons. The second kappa shape index (κ2) is 12.8. The van der Waals surface area contributed by atoms with E-state index in [9.17, 15) is 5.11 Å². The molecule has 5 aromatic carbocycles. The van der Waals surface area contributed by atoms with Crippen LogP contribution in [0.25, 0.3) is 50.5 Å². The molecule has 0 amide bonds. The predicted octanol–water partition coefficient (Wildman–Crippen LogP) is 11.9. The normalized spacial score (nSPS) is 12.7. The number of imidazole rings is 1. The van der Waals surface area contributed by atoms with Crippen molar-refractivity contribution in [2.24, 2.45) is 0 Å². The van der Waals surface area contributed by atoms with Gasteiger partial charge in [0.25, 0.3) is 0 Å². The molecule has 7 aromatic rings. The van der Waals surface area contributed by atoms with Crippen LogP contribution in [-0.2, 0) is 10.8 Å². The van der Waals surface area contributed by atoms with Crippen molar-refractivity contribution in [2.75, 3.05) is 0 Å². The highest BCUT2D eigenvalue weighted by molar-refractivity contribution is 5.99. The van der Waals surface area contributed by atoms with Crippen LogP contribution in [0.5, 0.6) is 5.75 Å². The number of phenolic OH excluding ortho intramolecular Hbond substituents is 1.